The second kappa shape index (κ2) is 4.71. The molecule has 0 spiro atoms. The van der Waals surface area contributed by atoms with E-state index in [4.69, 9.17) is 9.47 Å². The van der Waals surface area contributed by atoms with Crippen LogP contribution in [0.2, 0.25) is 0 Å². The second-order valence-corrected chi connectivity index (χ2v) is 5.27. The van der Waals surface area contributed by atoms with Crippen molar-refractivity contribution < 1.29 is 14.3 Å². The van der Waals surface area contributed by atoms with E-state index in [9.17, 15) is 4.79 Å². The number of rotatable bonds is 4. The lowest BCUT2D eigenvalue weighted by Crippen LogP contribution is -2.20. The van der Waals surface area contributed by atoms with Crippen molar-refractivity contribution >= 4 is 27.4 Å². The molecule has 1 aromatic carbocycles. The molecule has 3 rings (SSSR count). The third-order valence-electron chi connectivity index (χ3n) is 3.11. The molecule has 1 aliphatic rings. The van der Waals surface area contributed by atoms with E-state index in [1.807, 2.05) is 13.0 Å². The Morgan fingerprint density at radius 1 is 1.56 bits per heavy atom. The van der Waals surface area contributed by atoms with E-state index in [1.165, 1.54) is 10.1 Å². The van der Waals surface area contributed by atoms with Gasteiger partial charge in [0.1, 0.15) is 5.92 Å². The van der Waals surface area contributed by atoms with Gasteiger partial charge in [0.25, 0.3) is 0 Å². The number of benzene rings is 1. The van der Waals surface area contributed by atoms with Gasteiger partial charge in [-0.1, -0.05) is 6.07 Å². The lowest BCUT2D eigenvalue weighted by Gasteiger charge is -2.13. The molecule has 1 aromatic heterocycles. The Morgan fingerprint density at radius 3 is 3.11 bits per heavy atom. The van der Waals surface area contributed by atoms with E-state index >= 15 is 0 Å². The van der Waals surface area contributed by atoms with Crippen molar-refractivity contribution in [1.82, 2.24) is 0 Å². The first-order valence-corrected chi connectivity index (χ1v) is 6.93. The molecule has 0 aliphatic carbocycles. The van der Waals surface area contributed by atoms with Gasteiger partial charge in [-0.25, -0.2) is 0 Å². The quantitative estimate of drug-likeness (QED) is 0.628. The van der Waals surface area contributed by atoms with Gasteiger partial charge >= 0.3 is 5.97 Å². The molecule has 1 fully saturated rings. The fourth-order valence-corrected chi connectivity index (χ4v) is 2.93. The zero-order valence-electron chi connectivity index (χ0n) is 10.1. The zero-order chi connectivity index (χ0) is 12.5. The third-order valence-corrected chi connectivity index (χ3v) is 4.00. The van der Waals surface area contributed by atoms with Gasteiger partial charge in [-0.15, -0.1) is 11.3 Å². The van der Waals surface area contributed by atoms with Crippen molar-refractivity contribution in [1.29, 1.82) is 0 Å². The van der Waals surface area contributed by atoms with Crippen LogP contribution >= 0.6 is 11.3 Å². The summed E-state index contributed by atoms with van der Waals surface area (Å²) in [4.78, 5) is 12.0. The van der Waals surface area contributed by atoms with E-state index < -0.39 is 0 Å². The Hall–Kier alpha value is -1.39. The minimum Gasteiger partial charge on any atom is -0.465 e. The second-order valence-electron chi connectivity index (χ2n) is 4.32. The standard InChI is InChI=1S/C14H14O3S/c1-2-16-14(15)13(11-8-17-11)10-3-4-12-9(7-10)5-6-18-12/h3-7,11,13H,2,8H2,1H3/t11-,13?/m0/s1. The number of carbonyl (C=O) groups excluding carboxylic acids is 1. The molecule has 0 saturated carbocycles. The number of hydrogen-bond acceptors (Lipinski definition) is 4. The molecule has 1 unspecified atom stereocenters. The highest BCUT2D eigenvalue weighted by molar-refractivity contribution is 7.17. The van der Waals surface area contributed by atoms with Crippen LogP contribution in [0, 0.1) is 0 Å². The van der Waals surface area contributed by atoms with E-state index in [0.29, 0.717) is 13.2 Å². The van der Waals surface area contributed by atoms with E-state index in [2.05, 4.69) is 23.6 Å². The van der Waals surface area contributed by atoms with Gasteiger partial charge in [0.05, 0.1) is 19.3 Å². The van der Waals surface area contributed by atoms with Crippen LogP contribution in [0.25, 0.3) is 10.1 Å². The van der Waals surface area contributed by atoms with E-state index in [0.717, 1.165) is 5.56 Å². The summed E-state index contributed by atoms with van der Waals surface area (Å²) < 4.78 is 11.7. The maximum atomic E-state index is 12.0. The van der Waals surface area contributed by atoms with Crippen LogP contribution in [0.3, 0.4) is 0 Å². The maximum Gasteiger partial charge on any atom is 0.316 e. The molecule has 1 saturated heterocycles. The Kier molecular flexibility index (Phi) is 3.06. The van der Waals surface area contributed by atoms with Crippen LogP contribution in [0.1, 0.15) is 18.4 Å². The number of hydrogen-bond donors (Lipinski definition) is 0. The molecule has 0 radical (unpaired) electrons. The zero-order valence-corrected chi connectivity index (χ0v) is 10.9. The summed E-state index contributed by atoms with van der Waals surface area (Å²) in [5, 5.41) is 3.23. The molecule has 2 atom stereocenters. The number of thiophene rings is 1. The number of ether oxygens (including phenoxy) is 2. The fraction of sp³-hybridized carbons (Fsp3) is 0.357. The minimum atomic E-state index is -0.283. The van der Waals surface area contributed by atoms with Crippen LogP contribution in [-0.4, -0.2) is 25.3 Å². The number of epoxide rings is 1. The average molecular weight is 262 g/mol. The highest BCUT2D eigenvalue weighted by atomic mass is 32.1. The van der Waals surface area contributed by atoms with Crippen LogP contribution in [0.5, 0.6) is 0 Å². The van der Waals surface area contributed by atoms with Gasteiger partial charge in [0.15, 0.2) is 0 Å². The number of fused-ring (bicyclic) bond motifs is 1. The molecule has 18 heavy (non-hydrogen) atoms. The van der Waals surface area contributed by atoms with Crippen molar-refractivity contribution in [3.05, 3.63) is 35.2 Å². The summed E-state index contributed by atoms with van der Waals surface area (Å²) in [6, 6.07) is 8.20. The molecule has 4 heteroatoms. The summed E-state index contributed by atoms with van der Waals surface area (Å²) in [7, 11) is 0. The first-order valence-electron chi connectivity index (χ1n) is 6.05. The SMILES string of the molecule is CCOC(=O)C(c1ccc2sccc2c1)[C@@H]1CO1. The van der Waals surface area contributed by atoms with E-state index in [1.54, 1.807) is 11.3 Å². The minimum absolute atomic E-state index is 0.0138. The number of esters is 1. The lowest BCUT2D eigenvalue weighted by molar-refractivity contribution is -0.145. The summed E-state index contributed by atoms with van der Waals surface area (Å²) in [5.74, 6) is -0.469. The van der Waals surface area contributed by atoms with Crippen LogP contribution in [-0.2, 0) is 14.3 Å². The predicted molar refractivity (Wildman–Crippen MR) is 70.9 cm³/mol. The Labute approximate surface area is 109 Å². The fourth-order valence-electron chi connectivity index (χ4n) is 2.16. The van der Waals surface area contributed by atoms with Crippen molar-refractivity contribution in [2.75, 3.05) is 13.2 Å². The Balaban J connectivity index is 1.95. The van der Waals surface area contributed by atoms with Crippen molar-refractivity contribution in [2.45, 2.75) is 18.9 Å². The van der Waals surface area contributed by atoms with Crippen molar-refractivity contribution in [3.63, 3.8) is 0 Å². The molecule has 94 valence electrons. The molecule has 3 nitrogen and oxygen atoms in total. The highest BCUT2D eigenvalue weighted by Crippen LogP contribution is 2.33. The highest BCUT2D eigenvalue weighted by Gasteiger charge is 2.40. The molecular weight excluding hydrogens is 248 g/mol. The lowest BCUT2D eigenvalue weighted by atomic mass is 9.95. The van der Waals surface area contributed by atoms with Crippen molar-refractivity contribution in [3.8, 4) is 0 Å². The molecule has 0 N–H and O–H groups in total. The molecule has 0 bridgehead atoms. The van der Waals surface area contributed by atoms with Gasteiger partial charge in [-0.3, -0.25) is 4.79 Å². The van der Waals surface area contributed by atoms with Gasteiger partial charge in [-0.2, -0.15) is 0 Å². The summed E-state index contributed by atoms with van der Waals surface area (Å²) in [6.45, 7) is 2.87. The topological polar surface area (TPSA) is 38.8 Å². The molecule has 0 amide bonds. The molecule has 2 heterocycles. The van der Waals surface area contributed by atoms with Gasteiger partial charge in [0, 0.05) is 4.70 Å². The Morgan fingerprint density at radius 2 is 2.39 bits per heavy atom. The maximum absolute atomic E-state index is 12.0. The first-order chi connectivity index (χ1) is 8.79. The summed E-state index contributed by atoms with van der Waals surface area (Å²) >= 11 is 1.70. The predicted octanol–water partition coefficient (Wildman–Crippen LogP) is 2.95. The average Bonchev–Trinajstić information content (AvgIpc) is 3.07. The van der Waals surface area contributed by atoms with Gasteiger partial charge < -0.3 is 9.47 Å². The van der Waals surface area contributed by atoms with E-state index in [-0.39, 0.29) is 18.0 Å². The number of carbonyl (C=O) groups is 1. The first kappa shape index (κ1) is 11.7. The van der Waals surface area contributed by atoms with Gasteiger partial charge in [-0.05, 0) is 41.5 Å². The van der Waals surface area contributed by atoms with Crippen molar-refractivity contribution in [2.24, 2.45) is 0 Å². The smallest absolute Gasteiger partial charge is 0.316 e. The molecule has 2 aromatic rings. The Bertz CT molecular complexity index is 571. The third kappa shape index (κ3) is 2.13. The largest absolute Gasteiger partial charge is 0.465 e. The monoisotopic (exact) mass is 262 g/mol. The van der Waals surface area contributed by atoms with Crippen LogP contribution in [0.4, 0.5) is 0 Å². The van der Waals surface area contributed by atoms with Gasteiger partial charge in [0.2, 0.25) is 0 Å². The van der Waals surface area contributed by atoms with Crippen LogP contribution in [0.15, 0.2) is 29.6 Å². The normalized spacial score (nSPS) is 19.7. The molecule has 1 aliphatic heterocycles. The van der Waals surface area contributed by atoms with Crippen LogP contribution < -0.4 is 0 Å². The summed E-state index contributed by atoms with van der Waals surface area (Å²) in [6.07, 6.45) is -0.0138. The molecular formula is C14H14O3S. The summed E-state index contributed by atoms with van der Waals surface area (Å²) in [5.41, 5.74) is 0.988.